The van der Waals surface area contributed by atoms with Gasteiger partial charge in [-0.15, -0.1) is 10.3 Å². The summed E-state index contributed by atoms with van der Waals surface area (Å²) in [4.78, 5) is 33.9. The number of nitrogens with one attached hydrogen (secondary N) is 1. The molecule has 3 aromatic heterocycles. The van der Waals surface area contributed by atoms with E-state index >= 15 is 0 Å². The zero-order valence-corrected chi connectivity index (χ0v) is 19.3. The molecule has 2 N–H and O–H groups in total. The van der Waals surface area contributed by atoms with Gasteiger partial charge in [0.15, 0.2) is 11.2 Å². The first-order valence-corrected chi connectivity index (χ1v) is 12.8. The van der Waals surface area contributed by atoms with Gasteiger partial charge in [-0.1, -0.05) is 0 Å². The Kier molecular flexibility index (Phi) is 4.71. The Balaban J connectivity index is 1.55. The highest BCUT2D eigenvalue weighted by molar-refractivity contribution is 8.28. The lowest BCUT2D eigenvalue weighted by Crippen LogP contribution is -2.31. The fraction of sp³-hybridized carbons (Fsp3) is 0.429. The summed E-state index contributed by atoms with van der Waals surface area (Å²) in [6.45, 7) is 1.92. The molecule has 1 aromatic carbocycles. The fourth-order valence-electron chi connectivity index (χ4n) is 4.34. The molecule has 1 aliphatic rings. The summed E-state index contributed by atoms with van der Waals surface area (Å²) in [7, 11) is 1.83. The average Bonchev–Trinajstić information content (AvgIpc) is 3.15. The number of fused-ring (bicyclic) bond motifs is 2. The molecule has 32 heavy (non-hydrogen) atoms. The van der Waals surface area contributed by atoms with E-state index < -0.39 is 16.1 Å². The molecule has 4 aromatic rings. The molecule has 0 bridgehead atoms. The molecule has 0 unspecified atom stereocenters. The Hall–Kier alpha value is -3.05. The molecule has 10 nitrogen and oxygen atoms in total. The Morgan fingerprint density at radius 3 is 2.59 bits per heavy atom. The van der Waals surface area contributed by atoms with E-state index in [0.717, 1.165) is 29.9 Å². The quantitative estimate of drug-likeness (QED) is 0.484. The smallest absolute Gasteiger partial charge is 0.408 e. The van der Waals surface area contributed by atoms with Gasteiger partial charge < -0.3 is 14.3 Å². The normalized spacial score (nSPS) is 23.5. The molecule has 0 spiro atoms. The minimum absolute atomic E-state index is 0.00152. The van der Waals surface area contributed by atoms with Crippen molar-refractivity contribution < 1.29 is 8.97 Å². The third-order valence-electron chi connectivity index (χ3n) is 6.36. The lowest BCUT2D eigenvalue weighted by Gasteiger charge is -2.37. The predicted molar refractivity (Wildman–Crippen MR) is 126 cm³/mol. The third kappa shape index (κ3) is 3.32. The zero-order valence-electron chi connectivity index (χ0n) is 18.5. The summed E-state index contributed by atoms with van der Waals surface area (Å²) < 4.78 is 20.4. The summed E-state index contributed by atoms with van der Waals surface area (Å²) in [6, 6.07) is 3.62. The summed E-state index contributed by atoms with van der Waals surface area (Å²) in [5, 5.41) is 3.20. The maximum atomic E-state index is 13.0. The fourth-order valence-corrected chi connectivity index (χ4v) is 6.11. The molecule has 0 saturated carbocycles. The van der Waals surface area contributed by atoms with Gasteiger partial charge in [0, 0.05) is 43.4 Å². The van der Waals surface area contributed by atoms with E-state index in [1.165, 1.54) is 4.57 Å². The molecule has 0 amide bonds. The highest BCUT2D eigenvalue weighted by Gasteiger charge is 2.29. The third-order valence-corrected chi connectivity index (χ3v) is 8.59. The number of aromatic nitrogens is 5. The topological polar surface area (TPSA) is 120 Å². The number of imidazole rings is 1. The monoisotopic (exact) mass is 458 g/mol. The van der Waals surface area contributed by atoms with E-state index in [0.29, 0.717) is 33.9 Å². The van der Waals surface area contributed by atoms with E-state index in [-0.39, 0.29) is 11.7 Å². The van der Waals surface area contributed by atoms with Gasteiger partial charge in [-0.05, 0) is 37.7 Å². The molecule has 170 valence electrons. The van der Waals surface area contributed by atoms with Gasteiger partial charge in [-0.3, -0.25) is 13.7 Å². The molecule has 1 fully saturated rings. The van der Waals surface area contributed by atoms with Gasteiger partial charge in [0.1, 0.15) is 5.52 Å². The first-order valence-electron chi connectivity index (χ1n) is 10.4. The van der Waals surface area contributed by atoms with Crippen molar-refractivity contribution in [1.29, 1.82) is 0 Å². The Bertz CT molecular complexity index is 1470. The van der Waals surface area contributed by atoms with Gasteiger partial charge in [-0.2, -0.15) is 4.98 Å². The summed E-state index contributed by atoms with van der Waals surface area (Å²) >= 11 is 0. The van der Waals surface area contributed by atoms with Crippen LogP contribution in [0.5, 0.6) is 0 Å². The van der Waals surface area contributed by atoms with Crippen LogP contribution >= 0.6 is 10.3 Å². The van der Waals surface area contributed by atoms with Crippen LogP contribution in [0.2, 0.25) is 0 Å². The maximum absolute atomic E-state index is 13.0. The molecule has 5 rings (SSSR count). The van der Waals surface area contributed by atoms with Crippen LogP contribution in [0.3, 0.4) is 0 Å². The number of rotatable bonds is 3. The SMILES string of the molecule is Cc1cc2c(cc1Nc1ncc3c(n1)n(C1CCS(C)(O)CC1)c(=O)n3C)oc(=O)n2C. The number of nitrogens with zero attached hydrogens (tertiary/aromatic N) is 5. The van der Waals surface area contributed by atoms with E-state index in [2.05, 4.69) is 15.3 Å². The molecule has 1 aliphatic heterocycles. The van der Waals surface area contributed by atoms with E-state index in [1.807, 2.05) is 19.2 Å². The van der Waals surface area contributed by atoms with Crippen molar-refractivity contribution in [3.05, 3.63) is 44.9 Å². The number of benzene rings is 1. The Morgan fingerprint density at radius 1 is 1.16 bits per heavy atom. The van der Waals surface area contributed by atoms with Crippen LogP contribution < -0.4 is 16.8 Å². The second kappa shape index (κ2) is 7.24. The molecule has 0 radical (unpaired) electrons. The van der Waals surface area contributed by atoms with Crippen LogP contribution in [0.4, 0.5) is 11.6 Å². The van der Waals surface area contributed by atoms with Gasteiger partial charge >= 0.3 is 11.4 Å². The van der Waals surface area contributed by atoms with Crippen molar-refractivity contribution in [1.82, 2.24) is 23.7 Å². The second-order valence-electron chi connectivity index (χ2n) is 8.66. The molecular formula is C21H26N6O4S. The van der Waals surface area contributed by atoms with Crippen LogP contribution in [0.1, 0.15) is 24.4 Å². The minimum atomic E-state index is -1.56. The van der Waals surface area contributed by atoms with Crippen molar-refractivity contribution in [3.8, 4) is 0 Å². The molecule has 4 heterocycles. The lowest BCUT2D eigenvalue weighted by molar-refractivity contribution is 0.444. The predicted octanol–water partition coefficient (Wildman–Crippen LogP) is 2.87. The maximum Gasteiger partial charge on any atom is 0.419 e. The van der Waals surface area contributed by atoms with Crippen LogP contribution in [0.25, 0.3) is 22.3 Å². The van der Waals surface area contributed by atoms with E-state index in [9.17, 15) is 14.1 Å². The first kappa shape index (κ1) is 20.8. The number of hydrogen-bond acceptors (Lipinski definition) is 7. The van der Waals surface area contributed by atoms with Crippen molar-refractivity contribution in [2.45, 2.75) is 25.8 Å². The molecule has 1 saturated heterocycles. The average molecular weight is 459 g/mol. The Morgan fingerprint density at radius 2 is 1.88 bits per heavy atom. The minimum Gasteiger partial charge on any atom is -0.408 e. The summed E-state index contributed by atoms with van der Waals surface area (Å²) in [5.41, 5.74) is 3.90. The zero-order chi connectivity index (χ0) is 22.8. The van der Waals surface area contributed by atoms with E-state index in [1.54, 1.807) is 35.5 Å². The lowest BCUT2D eigenvalue weighted by atomic mass is 10.1. The van der Waals surface area contributed by atoms with Crippen LogP contribution in [-0.4, -0.2) is 46.0 Å². The van der Waals surface area contributed by atoms with Gasteiger partial charge in [0.25, 0.3) is 0 Å². The first-order chi connectivity index (χ1) is 15.1. The number of oxazole rings is 1. The van der Waals surface area contributed by atoms with Crippen molar-refractivity contribution in [3.63, 3.8) is 0 Å². The van der Waals surface area contributed by atoms with Crippen LogP contribution in [-0.2, 0) is 14.1 Å². The number of hydrogen-bond donors (Lipinski definition) is 2. The standard InChI is InChI=1S/C21H26N6O4S/c1-12-9-15-17(31-21(29)26(15)3)10-14(12)23-19-22-11-16-18(24-19)27(20(28)25(16)2)13-5-7-32(4,30)8-6-13/h9-11,13,30H,5-8H2,1-4H3,(H,22,23,24). The second-order valence-corrected chi connectivity index (χ2v) is 11.9. The van der Waals surface area contributed by atoms with Gasteiger partial charge in [-0.25, -0.2) is 14.6 Å². The van der Waals surface area contributed by atoms with Crippen LogP contribution in [0.15, 0.2) is 32.3 Å². The number of aryl methyl sites for hydroxylation is 3. The Labute approximate surface area is 185 Å². The summed E-state index contributed by atoms with van der Waals surface area (Å²) in [6.07, 6.45) is 5.06. The van der Waals surface area contributed by atoms with Crippen molar-refractivity contribution in [2.75, 3.05) is 23.1 Å². The van der Waals surface area contributed by atoms with E-state index in [4.69, 9.17) is 4.42 Å². The molecule has 11 heteroatoms. The largest absolute Gasteiger partial charge is 0.419 e. The summed E-state index contributed by atoms with van der Waals surface area (Å²) in [5.74, 6) is 1.37. The highest BCUT2D eigenvalue weighted by Crippen LogP contribution is 2.47. The molecular weight excluding hydrogens is 432 g/mol. The molecule has 0 atom stereocenters. The van der Waals surface area contributed by atoms with Gasteiger partial charge in [0.2, 0.25) is 5.95 Å². The van der Waals surface area contributed by atoms with Crippen molar-refractivity contribution >= 4 is 44.2 Å². The molecule has 0 aliphatic carbocycles. The van der Waals surface area contributed by atoms with Gasteiger partial charge in [0.05, 0.1) is 11.7 Å². The van der Waals surface area contributed by atoms with Crippen LogP contribution in [0, 0.1) is 6.92 Å². The number of anilines is 2. The van der Waals surface area contributed by atoms with Crippen molar-refractivity contribution in [2.24, 2.45) is 14.1 Å². The highest BCUT2D eigenvalue weighted by atomic mass is 32.3.